The van der Waals surface area contributed by atoms with E-state index >= 15 is 0 Å². The molecule has 1 saturated heterocycles. The fraction of sp³-hybridized carbons (Fsp3) is 0.269. The first-order valence-electron chi connectivity index (χ1n) is 11.8. The standard InChI is InChI=1S/C26H27N7O3/c1-32(2)26(35)30-20-12-18(14-28-16-20)17-8-9-22-21(13-17)24(25(34)29-19-6-5-10-27-15-19)31-33(22)23-7-3-4-11-36-23/h5-6,8-10,12-16,23H,3-4,7,11H2,1-2H3,(H,29,34)(H,30,35). The molecule has 1 aromatic carbocycles. The van der Waals surface area contributed by atoms with Gasteiger partial charge in [-0.2, -0.15) is 5.10 Å². The van der Waals surface area contributed by atoms with Crippen molar-refractivity contribution in [1.82, 2.24) is 24.6 Å². The number of nitrogens with one attached hydrogen (secondary N) is 2. The van der Waals surface area contributed by atoms with Crippen LogP contribution < -0.4 is 10.6 Å². The lowest BCUT2D eigenvalue weighted by Crippen LogP contribution is -2.27. The van der Waals surface area contributed by atoms with Crippen LogP contribution in [0.15, 0.2) is 61.2 Å². The Morgan fingerprint density at radius 3 is 2.61 bits per heavy atom. The highest BCUT2D eigenvalue weighted by molar-refractivity contribution is 6.11. The zero-order chi connectivity index (χ0) is 25.1. The molecule has 1 atom stereocenters. The maximum absolute atomic E-state index is 13.3. The van der Waals surface area contributed by atoms with Crippen molar-refractivity contribution in [1.29, 1.82) is 0 Å². The zero-order valence-electron chi connectivity index (χ0n) is 20.1. The van der Waals surface area contributed by atoms with Gasteiger partial charge in [-0.3, -0.25) is 14.8 Å². The van der Waals surface area contributed by atoms with Crippen LogP contribution in [0.5, 0.6) is 0 Å². The minimum absolute atomic E-state index is 0.224. The third-order valence-electron chi connectivity index (χ3n) is 6.00. The Morgan fingerprint density at radius 1 is 1.00 bits per heavy atom. The van der Waals surface area contributed by atoms with Gasteiger partial charge < -0.3 is 20.3 Å². The highest BCUT2D eigenvalue weighted by Gasteiger charge is 2.24. The summed E-state index contributed by atoms with van der Waals surface area (Å²) in [7, 11) is 3.35. The minimum Gasteiger partial charge on any atom is -0.356 e. The predicted octanol–water partition coefficient (Wildman–Crippen LogP) is 4.54. The van der Waals surface area contributed by atoms with E-state index in [9.17, 15) is 9.59 Å². The molecule has 4 aromatic rings. The molecule has 2 N–H and O–H groups in total. The van der Waals surface area contributed by atoms with Crippen molar-refractivity contribution >= 4 is 34.2 Å². The van der Waals surface area contributed by atoms with Crippen LogP contribution in [0, 0.1) is 0 Å². The topological polar surface area (TPSA) is 114 Å². The summed E-state index contributed by atoms with van der Waals surface area (Å²) in [6.07, 6.45) is 9.21. The number of nitrogens with zero attached hydrogens (tertiary/aromatic N) is 5. The van der Waals surface area contributed by atoms with E-state index in [0.29, 0.717) is 29.1 Å². The molecular formula is C26H27N7O3. The van der Waals surface area contributed by atoms with Gasteiger partial charge in [-0.15, -0.1) is 0 Å². The summed E-state index contributed by atoms with van der Waals surface area (Å²) in [4.78, 5) is 35.2. The minimum atomic E-state index is -0.329. The first-order valence-corrected chi connectivity index (χ1v) is 11.8. The maximum atomic E-state index is 13.3. The molecule has 0 saturated carbocycles. The van der Waals surface area contributed by atoms with Crippen LogP contribution in [0.1, 0.15) is 36.0 Å². The molecule has 1 unspecified atom stereocenters. The number of rotatable bonds is 5. The summed E-state index contributed by atoms with van der Waals surface area (Å²) in [5.41, 5.74) is 3.92. The van der Waals surface area contributed by atoms with Gasteiger partial charge in [-0.1, -0.05) is 6.07 Å². The molecule has 3 amide bonds. The molecule has 10 nitrogen and oxygen atoms in total. The van der Waals surface area contributed by atoms with Crippen LogP contribution in [0.25, 0.3) is 22.0 Å². The van der Waals surface area contributed by atoms with Crippen LogP contribution in [-0.2, 0) is 4.74 Å². The molecule has 5 rings (SSSR count). The third kappa shape index (κ3) is 4.89. The second-order valence-electron chi connectivity index (χ2n) is 8.83. The molecule has 10 heteroatoms. The highest BCUT2D eigenvalue weighted by atomic mass is 16.5. The average molecular weight is 486 g/mol. The molecule has 184 valence electrons. The summed E-state index contributed by atoms with van der Waals surface area (Å²) < 4.78 is 7.78. The molecule has 1 fully saturated rings. The van der Waals surface area contributed by atoms with E-state index in [2.05, 4.69) is 20.6 Å². The number of ether oxygens (including phenoxy) is 1. The van der Waals surface area contributed by atoms with Crippen molar-refractivity contribution in [2.45, 2.75) is 25.5 Å². The number of aromatic nitrogens is 4. The number of fused-ring (bicyclic) bond motifs is 1. The molecule has 1 aliphatic rings. The largest absolute Gasteiger partial charge is 0.356 e. The van der Waals surface area contributed by atoms with Crippen molar-refractivity contribution in [3.8, 4) is 11.1 Å². The Hall–Kier alpha value is -4.31. The number of hydrogen-bond acceptors (Lipinski definition) is 6. The summed E-state index contributed by atoms with van der Waals surface area (Å²) in [5, 5.41) is 11.1. The molecule has 0 aliphatic carbocycles. The van der Waals surface area contributed by atoms with E-state index in [4.69, 9.17) is 9.84 Å². The number of pyridine rings is 2. The number of anilines is 2. The van der Waals surface area contributed by atoms with Gasteiger partial charge in [0.05, 0.1) is 29.3 Å². The Balaban J connectivity index is 1.55. The van der Waals surface area contributed by atoms with Gasteiger partial charge in [-0.05, 0) is 55.2 Å². The van der Waals surface area contributed by atoms with Gasteiger partial charge in [0.25, 0.3) is 5.91 Å². The van der Waals surface area contributed by atoms with E-state index in [-0.39, 0.29) is 18.2 Å². The molecule has 0 spiro atoms. The number of carbonyl (C=O) groups is 2. The van der Waals surface area contributed by atoms with Gasteiger partial charge in [0.1, 0.15) is 0 Å². The summed E-state index contributed by atoms with van der Waals surface area (Å²) >= 11 is 0. The molecule has 4 heterocycles. The smallest absolute Gasteiger partial charge is 0.321 e. The van der Waals surface area contributed by atoms with Gasteiger partial charge in [0.15, 0.2) is 11.9 Å². The summed E-state index contributed by atoms with van der Waals surface area (Å²) in [6.45, 7) is 0.665. The van der Waals surface area contributed by atoms with Crippen LogP contribution in [0.2, 0.25) is 0 Å². The fourth-order valence-corrected chi connectivity index (χ4v) is 4.15. The van der Waals surface area contributed by atoms with Crippen LogP contribution >= 0.6 is 0 Å². The second-order valence-corrected chi connectivity index (χ2v) is 8.83. The van der Waals surface area contributed by atoms with Crippen molar-refractivity contribution < 1.29 is 14.3 Å². The van der Waals surface area contributed by atoms with E-state index < -0.39 is 0 Å². The summed E-state index contributed by atoms with van der Waals surface area (Å²) in [5.74, 6) is -0.329. The molecule has 3 aromatic heterocycles. The van der Waals surface area contributed by atoms with Gasteiger partial charge >= 0.3 is 6.03 Å². The first-order chi connectivity index (χ1) is 17.5. The van der Waals surface area contributed by atoms with Crippen molar-refractivity contribution in [2.75, 3.05) is 31.3 Å². The van der Waals surface area contributed by atoms with Gasteiger partial charge in [0.2, 0.25) is 0 Å². The number of amides is 3. The fourth-order valence-electron chi connectivity index (χ4n) is 4.15. The van der Waals surface area contributed by atoms with E-state index in [1.165, 1.54) is 4.90 Å². The Labute approximate surface area is 208 Å². The lowest BCUT2D eigenvalue weighted by molar-refractivity contribution is -0.0367. The molecular weight excluding hydrogens is 458 g/mol. The quantitative estimate of drug-likeness (QED) is 0.429. The predicted molar refractivity (Wildman–Crippen MR) is 137 cm³/mol. The van der Waals surface area contributed by atoms with Crippen LogP contribution in [0.4, 0.5) is 16.2 Å². The Kier molecular flexibility index (Phi) is 6.59. The van der Waals surface area contributed by atoms with Crippen molar-refractivity contribution in [3.05, 3.63) is 66.9 Å². The molecule has 0 bridgehead atoms. The van der Waals surface area contributed by atoms with Gasteiger partial charge in [-0.25, -0.2) is 9.48 Å². The SMILES string of the molecule is CN(C)C(=O)Nc1cncc(-c2ccc3c(c2)c(C(=O)Nc2cccnc2)nn3C2CCCCO2)c1. The monoisotopic (exact) mass is 485 g/mol. The summed E-state index contributed by atoms with van der Waals surface area (Å²) in [6, 6.07) is 11.0. The Morgan fingerprint density at radius 2 is 1.86 bits per heavy atom. The van der Waals surface area contributed by atoms with Crippen LogP contribution in [0.3, 0.4) is 0 Å². The van der Waals surface area contributed by atoms with Crippen molar-refractivity contribution in [2.24, 2.45) is 0 Å². The maximum Gasteiger partial charge on any atom is 0.321 e. The number of carbonyl (C=O) groups excluding carboxylic acids is 2. The van der Waals surface area contributed by atoms with Gasteiger partial charge in [0, 0.05) is 44.0 Å². The Bertz CT molecular complexity index is 1400. The first kappa shape index (κ1) is 23.4. The second kappa shape index (κ2) is 10.1. The van der Waals surface area contributed by atoms with Crippen molar-refractivity contribution in [3.63, 3.8) is 0 Å². The molecule has 36 heavy (non-hydrogen) atoms. The number of hydrogen-bond donors (Lipinski definition) is 2. The third-order valence-corrected chi connectivity index (χ3v) is 6.00. The number of urea groups is 1. The number of benzene rings is 1. The lowest BCUT2D eigenvalue weighted by atomic mass is 10.0. The van der Waals surface area contributed by atoms with E-state index in [1.54, 1.807) is 51.0 Å². The molecule has 1 aliphatic heterocycles. The average Bonchev–Trinajstić information content (AvgIpc) is 3.29. The molecule has 0 radical (unpaired) electrons. The van der Waals surface area contributed by atoms with E-state index in [0.717, 1.165) is 35.9 Å². The normalized spacial score (nSPS) is 15.4. The lowest BCUT2D eigenvalue weighted by Gasteiger charge is -2.23. The van der Waals surface area contributed by atoms with Crippen LogP contribution in [-0.4, -0.2) is 57.3 Å². The highest BCUT2D eigenvalue weighted by Crippen LogP contribution is 2.32. The van der Waals surface area contributed by atoms with E-state index in [1.807, 2.05) is 28.9 Å². The zero-order valence-corrected chi connectivity index (χ0v) is 20.1.